The molecular formula is C14H13N3O. The topological polar surface area (TPSA) is 71.9 Å². The molecule has 0 aliphatic rings. The largest absolute Gasteiger partial charge is 0.435 e. The zero-order chi connectivity index (χ0) is 13.1. The molecule has 2 rings (SSSR count). The van der Waals surface area contributed by atoms with Crippen LogP contribution in [0.15, 0.2) is 30.3 Å². The van der Waals surface area contributed by atoms with E-state index in [4.69, 9.17) is 15.7 Å². The Labute approximate surface area is 106 Å². The SMILES string of the molecule is Cc1ccc(C#N)c(Oc2c(C)cccc2N)n1. The van der Waals surface area contributed by atoms with E-state index >= 15 is 0 Å². The second-order valence-corrected chi connectivity index (χ2v) is 4.01. The Balaban J connectivity index is 2.46. The molecule has 0 saturated carbocycles. The third kappa shape index (κ3) is 2.25. The minimum Gasteiger partial charge on any atom is -0.435 e. The first-order chi connectivity index (χ1) is 8.61. The Morgan fingerprint density at radius 2 is 2.00 bits per heavy atom. The lowest BCUT2D eigenvalue weighted by atomic mass is 10.2. The average molecular weight is 239 g/mol. The van der Waals surface area contributed by atoms with Gasteiger partial charge in [0.25, 0.3) is 0 Å². The van der Waals surface area contributed by atoms with E-state index in [2.05, 4.69) is 11.1 Å². The highest BCUT2D eigenvalue weighted by molar-refractivity contribution is 5.58. The molecule has 0 bridgehead atoms. The number of aromatic nitrogens is 1. The van der Waals surface area contributed by atoms with Crippen molar-refractivity contribution >= 4 is 5.69 Å². The Morgan fingerprint density at radius 3 is 2.67 bits per heavy atom. The number of rotatable bonds is 2. The van der Waals surface area contributed by atoms with E-state index in [0.717, 1.165) is 11.3 Å². The van der Waals surface area contributed by atoms with Gasteiger partial charge in [-0.3, -0.25) is 0 Å². The van der Waals surface area contributed by atoms with Crippen LogP contribution in [0.25, 0.3) is 0 Å². The molecule has 1 aromatic carbocycles. The summed E-state index contributed by atoms with van der Waals surface area (Å²) < 4.78 is 5.68. The van der Waals surface area contributed by atoms with Crippen LogP contribution in [0.5, 0.6) is 11.6 Å². The molecule has 0 unspecified atom stereocenters. The van der Waals surface area contributed by atoms with Crippen molar-refractivity contribution < 1.29 is 4.74 Å². The average Bonchev–Trinajstić information content (AvgIpc) is 2.34. The van der Waals surface area contributed by atoms with Gasteiger partial charge in [-0.25, -0.2) is 4.98 Å². The molecule has 4 nitrogen and oxygen atoms in total. The molecule has 1 aromatic heterocycles. The number of nitrogen functional groups attached to an aromatic ring is 1. The summed E-state index contributed by atoms with van der Waals surface area (Å²) in [6.07, 6.45) is 0. The minimum atomic E-state index is 0.290. The fraction of sp³-hybridized carbons (Fsp3) is 0.143. The van der Waals surface area contributed by atoms with Crippen molar-refractivity contribution in [2.75, 3.05) is 5.73 Å². The molecule has 0 aliphatic heterocycles. The Bertz CT molecular complexity index is 609. The smallest absolute Gasteiger partial charge is 0.237 e. The highest BCUT2D eigenvalue weighted by Crippen LogP contribution is 2.31. The number of anilines is 1. The van der Waals surface area contributed by atoms with Gasteiger partial charge in [0.1, 0.15) is 11.6 Å². The van der Waals surface area contributed by atoms with E-state index < -0.39 is 0 Å². The Hall–Kier alpha value is -2.54. The third-order valence-electron chi connectivity index (χ3n) is 2.56. The van der Waals surface area contributed by atoms with Gasteiger partial charge in [-0.1, -0.05) is 12.1 Å². The number of benzene rings is 1. The lowest BCUT2D eigenvalue weighted by molar-refractivity contribution is 0.459. The summed E-state index contributed by atoms with van der Waals surface area (Å²) in [4.78, 5) is 4.22. The van der Waals surface area contributed by atoms with Crippen LogP contribution in [0, 0.1) is 25.2 Å². The van der Waals surface area contributed by atoms with Gasteiger partial charge < -0.3 is 10.5 Å². The first-order valence-electron chi connectivity index (χ1n) is 5.52. The van der Waals surface area contributed by atoms with Crippen molar-refractivity contribution in [2.24, 2.45) is 0 Å². The van der Waals surface area contributed by atoms with Gasteiger partial charge in [0, 0.05) is 5.69 Å². The van der Waals surface area contributed by atoms with E-state index in [1.165, 1.54) is 0 Å². The Morgan fingerprint density at radius 1 is 1.22 bits per heavy atom. The molecule has 0 aliphatic carbocycles. The van der Waals surface area contributed by atoms with Gasteiger partial charge in [-0.2, -0.15) is 5.26 Å². The van der Waals surface area contributed by atoms with E-state index in [0.29, 0.717) is 22.9 Å². The highest BCUT2D eigenvalue weighted by Gasteiger charge is 2.10. The van der Waals surface area contributed by atoms with Crippen molar-refractivity contribution in [1.82, 2.24) is 4.98 Å². The number of hydrogen-bond donors (Lipinski definition) is 1. The zero-order valence-corrected chi connectivity index (χ0v) is 10.3. The number of nitriles is 1. The van der Waals surface area contributed by atoms with Crippen molar-refractivity contribution in [3.63, 3.8) is 0 Å². The Kier molecular flexibility index (Phi) is 3.16. The molecule has 90 valence electrons. The maximum Gasteiger partial charge on any atom is 0.237 e. The molecule has 0 saturated heterocycles. The number of pyridine rings is 1. The van der Waals surface area contributed by atoms with Gasteiger partial charge >= 0.3 is 0 Å². The fourth-order valence-electron chi connectivity index (χ4n) is 1.61. The predicted octanol–water partition coefficient (Wildman–Crippen LogP) is 2.94. The van der Waals surface area contributed by atoms with Crippen LogP contribution in [0.3, 0.4) is 0 Å². The summed E-state index contributed by atoms with van der Waals surface area (Å²) in [6.45, 7) is 3.74. The molecule has 4 heteroatoms. The lowest BCUT2D eigenvalue weighted by Crippen LogP contribution is -1.98. The summed E-state index contributed by atoms with van der Waals surface area (Å²) in [6, 6.07) is 11.0. The highest BCUT2D eigenvalue weighted by atomic mass is 16.5. The normalized spacial score (nSPS) is 9.83. The predicted molar refractivity (Wildman–Crippen MR) is 69.4 cm³/mol. The number of nitrogens with two attached hydrogens (primary N) is 1. The molecule has 0 radical (unpaired) electrons. The number of ether oxygens (including phenoxy) is 1. The van der Waals surface area contributed by atoms with Gasteiger partial charge in [-0.15, -0.1) is 0 Å². The van der Waals surface area contributed by atoms with Crippen LogP contribution in [-0.4, -0.2) is 4.98 Å². The second kappa shape index (κ2) is 4.76. The quantitative estimate of drug-likeness (QED) is 0.818. The van der Waals surface area contributed by atoms with Crippen LogP contribution < -0.4 is 10.5 Å². The maximum atomic E-state index is 9.02. The van der Waals surface area contributed by atoms with Crippen molar-refractivity contribution in [2.45, 2.75) is 13.8 Å². The van der Waals surface area contributed by atoms with Gasteiger partial charge in [-0.05, 0) is 37.6 Å². The van der Waals surface area contributed by atoms with Crippen molar-refractivity contribution in [3.05, 3.63) is 47.2 Å². The molecule has 2 aromatic rings. The minimum absolute atomic E-state index is 0.290. The summed E-state index contributed by atoms with van der Waals surface area (Å²) in [5.74, 6) is 0.839. The first kappa shape index (κ1) is 11.9. The fourth-order valence-corrected chi connectivity index (χ4v) is 1.61. The molecule has 0 spiro atoms. The first-order valence-corrected chi connectivity index (χ1v) is 5.52. The standard InChI is InChI=1S/C14H13N3O/c1-9-4-3-5-12(16)13(9)18-14-11(8-15)7-6-10(2)17-14/h3-7H,16H2,1-2H3. The number of para-hydroxylation sites is 1. The number of aryl methyl sites for hydroxylation is 2. The van der Waals surface area contributed by atoms with Crippen molar-refractivity contribution in [3.8, 4) is 17.7 Å². The van der Waals surface area contributed by atoms with Gasteiger partial charge in [0.2, 0.25) is 5.88 Å². The van der Waals surface area contributed by atoms with Gasteiger partial charge in [0.15, 0.2) is 5.75 Å². The second-order valence-electron chi connectivity index (χ2n) is 4.01. The molecule has 1 heterocycles. The van der Waals surface area contributed by atoms with Crippen LogP contribution >= 0.6 is 0 Å². The maximum absolute atomic E-state index is 9.02. The number of nitrogens with zero attached hydrogens (tertiary/aromatic N) is 2. The molecule has 0 fully saturated rings. The van der Waals surface area contributed by atoms with Crippen LogP contribution in [-0.2, 0) is 0 Å². The zero-order valence-electron chi connectivity index (χ0n) is 10.3. The van der Waals surface area contributed by atoms with E-state index in [1.54, 1.807) is 18.2 Å². The van der Waals surface area contributed by atoms with Gasteiger partial charge in [0.05, 0.1) is 5.69 Å². The molecule has 2 N–H and O–H groups in total. The van der Waals surface area contributed by atoms with Crippen LogP contribution in [0.1, 0.15) is 16.8 Å². The molecular weight excluding hydrogens is 226 g/mol. The summed E-state index contributed by atoms with van der Waals surface area (Å²) >= 11 is 0. The van der Waals surface area contributed by atoms with Crippen LogP contribution in [0.4, 0.5) is 5.69 Å². The third-order valence-corrected chi connectivity index (χ3v) is 2.56. The van der Waals surface area contributed by atoms with E-state index in [-0.39, 0.29) is 0 Å². The van der Waals surface area contributed by atoms with E-state index in [1.807, 2.05) is 26.0 Å². The molecule has 0 amide bonds. The van der Waals surface area contributed by atoms with Crippen LogP contribution in [0.2, 0.25) is 0 Å². The van der Waals surface area contributed by atoms with E-state index in [9.17, 15) is 0 Å². The molecule has 0 atom stereocenters. The number of hydrogen-bond acceptors (Lipinski definition) is 4. The van der Waals surface area contributed by atoms with Crippen molar-refractivity contribution in [1.29, 1.82) is 5.26 Å². The molecule has 18 heavy (non-hydrogen) atoms. The monoisotopic (exact) mass is 239 g/mol. The summed E-state index contributed by atoms with van der Waals surface area (Å²) in [5, 5.41) is 9.02. The lowest BCUT2D eigenvalue weighted by Gasteiger charge is -2.11. The summed E-state index contributed by atoms with van der Waals surface area (Å²) in [5.41, 5.74) is 8.48. The summed E-state index contributed by atoms with van der Waals surface area (Å²) in [7, 11) is 0.